The lowest BCUT2D eigenvalue weighted by molar-refractivity contribution is -0.168. The first-order valence-corrected chi connectivity index (χ1v) is 23.0. The van der Waals surface area contributed by atoms with E-state index in [4.69, 9.17) is 37.8 Å². The number of fused-ring (bicyclic) bond motifs is 6. The Morgan fingerprint density at radius 3 is 2.41 bits per heavy atom. The number of methoxy groups -OCH3 is 1. The van der Waals surface area contributed by atoms with E-state index in [2.05, 4.69) is 5.32 Å². The van der Waals surface area contributed by atoms with Gasteiger partial charge in [-0.15, -0.1) is 0 Å². The Morgan fingerprint density at radius 1 is 1.04 bits per heavy atom. The van der Waals surface area contributed by atoms with Gasteiger partial charge in [-0.3, -0.25) is 19.2 Å². The van der Waals surface area contributed by atoms with Crippen LogP contribution in [0.25, 0.3) is 33.0 Å². The third kappa shape index (κ3) is 10.2. The Hall–Kier alpha value is -6.01. The van der Waals surface area contributed by atoms with Crippen molar-refractivity contribution in [3.05, 3.63) is 69.6 Å². The standard InChI is InChI=1S/C51H65N3O14/c1-13-14-21-64-33-23-31(63-22-19-54(10)11)24-34-38(33)52-39-35-36(41(57)28(5)45-37(35)49(60)51(8,9)68-45)43(59)40(47(39)66-34)53-50(61)26(3)17-15-16-25(2)44-29(6)42(58)48(67-44)46(65-30(7)56)27(4)32(62-12)18-20-55/h15-18,20,23-25,27,29,32,42,44,46,48,55,58-59H,13-14,19,21-22H2,1-12H3,(H,53,61)/b16-15+,20-18+,26-17-/t25-,27+,29-,32-,42+,44-,46+,48+/m0/s1. The minimum absolute atomic E-state index is 0.0136. The van der Waals surface area contributed by atoms with E-state index in [0.29, 0.717) is 31.3 Å². The van der Waals surface area contributed by atoms with Crippen molar-refractivity contribution in [3.63, 3.8) is 0 Å². The van der Waals surface area contributed by atoms with E-state index in [-0.39, 0.29) is 67.0 Å². The molecule has 0 bridgehead atoms. The van der Waals surface area contributed by atoms with Crippen LogP contribution in [0, 0.1) is 24.7 Å². The maximum absolute atomic E-state index is 14.3. The number of likely N-dealkylation sites (N-methyl/N-ethyl adjacent to an activating group) is 1. The third-order valence-corrected chi connectivity index (χ3v) is 12.7. The summed E-state index contributed by atoms with van der Waals surface area (Å²) in [6.07, 6.45) is 4.92. The summed E-state index contributed by atoms with van der Waals surface area (Å²) in [4.78, 5) is 61.6. The highest BCUT2D eigenvalue weighted by molar-refractivity contribution is 6.26. The van der Waals surface area contributed by atoms with E-state index in [1.54, 1.807) is 52.0 Å². The molecule has 1 saturated heterocycles. The number of nitrogens with one attached hydrogen (secondary N) is 1. The van der Waals surface area contributed by atoms with Crippen molar-refractivity contribution >= 4 is 56.3 Å². The smallest absolute Gasteiger partial charge is 0.303 e. The lowest BCUT2D eigenvalue weighted by Gasteiger charge is -2.33. The molecule has 2 aliphatic heterocycles. The molecule has 3 heterocycles. The summed E-state index contributed by atoms with van der Waals surface area (Å²) >= 11 is 0. The highest BCUT2D eigenvalue weighted by atomic mass is 16.6. The molecule has 2 aliphatic rings. The quantitative estimate of drug-likeness (QED) is 0.0104. The first-order chi connectivity index (χ1) is 32.2. The van der Waals surface area contributed by atoms with Crippen LogP contribution in [0.15, 0.2) is 57.5 Å². The van der Waals surface area contributed by atoms with Crippen molar-refractivity contribution in [3.8, 4) is 23.0 Å². The van der Waals surface area contributed by atoms with Crippen molar-refractivity contribution in [1.29, 1.82) is 0 Å². The maximum atomic E-state index is 14.3. The highest BCUT2D eigenvalue weighted by Gasteiger charge is 2.50. The second-order valence-electron chi connectivity index (χ2n) is 18.5. The van der Waals surface area contributed by atoms with Crippen LogP contribution in [0.2, 0.25) is 0 Å². The Balaban J connectivity index is 1.40. The molecule has 17 nitrogen and oxygen atoms in total. The predicted octanol–water partition coefficient (Wildman–Crippen LogP) is 7.48. The van der Waals surface area contributed by atoms with E-state index >= 15 is 0 Å². The van der Waals surface area contributed by atoms with Gasteiger partial charge in [-0.05, 0) is 54.3 Å². The number of phenols is 1. The molecular formula is C51H65N3O14. The Labute approximate surface area is 395 Å². The van der Waals surface area contributed by atoms with Crippen molar-refractivity contribution in [2.45, 2.75) is 111 Å². The van der Waals surface area contributed by atoms with E-state index in [1.807, 2.05) is 45.8 Å². The van der Waals surface area contributed by atoms with Crippen LogP contribution in [0.3, 0.4) is 0 Å². The number of anilines is 1. The fourth-order valence-electron chi connectivity index (χ4n) is 8.79. The maximum Gasteiger partial charge on any atom is 0.303 e. The van der Waals surface area contributed by atoms with Crippen LogP contribution in [0.4, 0.5) is 5.69 Å². The van der Waals surface area contributed by atoms with Crippen LogP contribution in [0.1, 0.15) is 84.2 Å². The molecule has 6 rings (SSSR count). The van der Waals surface area contributed by atoms with Gasteiger partial charge in [0.25, 0.3) is 5.91 Å². The number of benzene rings is 3. The van der Waals surface area contributed by atoms with Crippen LogP contribution < -0.4 is 25.0 Å². The summed E-state index contributed by atoms with van der Waals surface area (Å²) in [6, 6.07) is 3.33. The van der Waals surface area contributed by atoms with Gasteiger partial charge in [0.1, 0.15) is 47.0 Å². The van der Waals surface area contributed by atoms with Crippen molar-refractivity contribution in [2.24, 2.45) is 17.8 Å². The number of hydrogen-bond donors (Lipinski definition) is 4. The average Bonchev–Trinajstić information content (AvgIpc) is 3.72. The summed E-state index contributed by atoms with van der Waals surface area (Å²) < 4.78 is 42.5. The molecule has 68 heavy (non-hydrogen) atoms. The second kappa shape index (κ2) is 21.1. The first kappa shape index (κ1) is 51.4. The molecule has 0 saturated carbocycles. The number of aromatic nitrogens is 1. The Kier molecular flexibility index (Phi) is 15.9. The molecule has 0 aliphatic carbocycles. The highest BCUT2D eigenvalue weighted by Crippen LogP contribution is 2.49. The van der Waals surface area contributed by atoms with Crippen LogP contribution >= 0.6 is 0 Å². The second-order valence-corrected chi connectivity index (χ2v) is 18.5. The topological polar surface area (TPSA) is 226 Å². The number of aromatic hydroxyl groups is 1. The lowest BCUT2D eigenvalue weighted by Crippen LogP contribution is -2.46. The number of amides is 1. The molecule has 8 atom stereocenters. The van der Waals surface area contributed by atoms with Gasteiger partial charge in [-0.1, -0.05) is 52.3 Å². The predicted molar refractivity (Wildman–Crippen MR) is 257 cm³/mol. The number of ether oxygens (including phenoxy) is 6. The van der Waals surface area contributed by atoms with Gasteiger partial charge in [-0.2, -0.15) is 0 Å². The number of aliphatic hydroxyl groups is 2. The van der Waals surface area contributed by atoms with E-state index in [0.717, 1.165) is 19.1 Å². The minimum atomic E-state index is -1.34. The molecule has 1 amide bonds. The largest absolute Gasteiger partial charge is 0.516 e. The monoisotopic (exact) mass is 943 g/mol. The number of aliphatic hydroxyl groups excluding tert-OH is 2. The summed E-state index contributed by atoms with van der Waals surface area (Å²) in [5, 5.41) is 35.5. The van der Waals surface area contributed by atoms with Crippen molar-refractivity contribution in [1.82, 2.24) is 9.88 Å². The molecule has 4 aromatic rings. The van der Waals surface area contributed by atoms with Gasteiger partial charge in [0.05, 0.1) is 42.1 Å². The van der Waals surface area contributed by atoms with Gasteiger partial charge in [0.2, 0.25) is 5.78 Å². The molecule has 0 radical (unpaired) electrons. The number of carbonyl (C=O) groups is 3. The molecular weight excluding hydrogens is 879 g/mol. The first-order valence-electron chi connectivity index (χ1n) is 23.0. The number of nitrogens with zero attached hydrogens (tertiary/aromatic N) is 2. The lowest BCUT2D eigenvalue weighted by atomic mass is 9.86. The van der Waals surface area contributed by atoms with Gasteiger partial charge in [0.15, 0.2) is 33.7 Å². The Morgan fingerprint density at radius 2 is 1.76 bits per heavy atom. The fraction of sp³-hybridized carbons (Fsp3) is 0.510. The van der Waals surface area contributed by atoms with E-state index < -0.39 is 76.8 Å². The zero-order valence-corrected chi connectivity index (χ0v) is 40.9. The molecule has 17 heteroatoms. The zero-order chi connectivity index (χ0) is 49.9. The summed E-state index contributed by atoms with van der Waals surface area (Å²) in [5.41, 5.74) is -1.52. The van der Waals surface area contributed by atoms with Crippen molar-refractivity contribution in [2.75, 3.05) is 46.3 Å². The Bertz CT molecular complexity index is 2720. The zero-order valence-electron chi connectivity index (χ0n) is 40.9. The number of esters is 1. The third-order valence-electron chi connectivity index (χ3n) is 12.7. The van der Waals surface area contributed by atoms with Crippen LogP contribution in [-0.2, 0) is 23.8 Å². The van der Waals surface area contributed by atoms with Crippen LogP contribution in [0.5, 0.6) is 23.0 Å². The number of unbranched alkanes of at least 4 members (excludes halogenated alkanes) is 1. The van der Waals surface area contributed by atoms with Gasteiger partial charge in [-0.25, -0.2) is 4.98 Å². The van der Waals surface area contributed by atoms with Gasteiger partial charge in [0, 0.05) is 67.0 Å². The number of phenolic OH excluding ortho intramolecular Hbond substituents is 1. The van der Waals surface area contributed by atoms with Crippen molar-refractivity contribution < 1.29 is 62.5 Å². The number of ketones is 1. The number of rotatable bonds is 19. The summed E-state index contributed by atoms with van der Waals surface area (Å²) in [6.45, 7) is 16.4. The molecule has 4 N–H and O–H groups in total. The van der Waals surface area contributed by atoms with E-state index in [1.165, 1.54) is 27.0 Å². The molecule has 368 valence electrons. The summed E-state index contributed by atoms with van der Waals surface area (Å²) in [7, 11) is 5.31. The molecule has 1 fully saturated rings. The minimum Gasteiger partial charge on any atom is -0.516 e. The van der Waals surface area contributed by atoms with E-state index in [9.17, 15) is 34.5 Å². The average molecular weight is 944 g/mol. The van der Waals surface area contributed by atoms with Gasteiger partial charge < -0.3 is 58.4 Å². The number of hydrogen-bond acceptors (Lipinski definition) is 16. The van der Waals surface area contributed by atoms with Crippen LogP contribution in [-0.4, -0.2) is 120 Å². The number of carbonyl (C=O) groups excluding carboxylic acids is 3. The molecule has 3 aromatic carbocycles. The fourth-order valence-corrected chi connectivity index (χ4v) is 8.79. The van der Waals surface area contributed by atoms with Gasteiger partial charge >= 0.3 is 5.97 Å². The molecule has 1 aromatic heterocycles. The number of allylic oxidation sites excluding steroid dienone is 2. The molecule has 0 unspecified atom stereocenters. The number of Topliss-reactive ketones (excluding diaryl/α,β-unsaturated/α-hetero) is 1. The summed E-state index contributed by atoms with van der Waals surface area (Å²) in [5.74, 6) is -2.65. The normalized spacial score (nSPS) is 21.1. The molecule has 0 spiro atoms. The SMILES string of the molecule is CCCCOc1cc(OCCN(C)C)cc2oc3c(NC(=O)/C(C)=C\C=C\[C@H](C)[C@@H]4O[C@@H]([C@H](OC(C)=O)[C@H](C)[C@H](/C=C/O)OC)[C@H](O)[C@@H]4C)c(O)c4c(=O)c(C)c5c(c4c3nc12)C(=O)C(C)(C)O5.